The fourth-order valence-corrected chi connectivity index (χ4v) is 3.22. The van der Waals surface area contributed by atoms with E-state index in [0.717, 1.165) is 16.6 Å². The normalized spacial score (nSPS) is 12.4. The molecule has 2 rings (SSSR count). The molecule has 0 saturated heterocycles. The molecule has 0 fully saturated rings. The van der Waals surface area contributed by atoms with Crippen molar-refractivity contribution in [3.05, 3.63) is 50.6 Å². The molecule has 1 unspecified atom stereocenters. The first-order valence-corrected chi connectivity index (χ1v) is 7.58. The van der Waals surface area contributed by atoms with Gasteiger partial charge in [-0.2, -0.15) is 11.3 Å². The Labute approximate surface area is 121 Å². The van der Waals surface area contributed by atoms with Crippen LogP contribution in [0.2, 0.25) is 0 Å². The van der Waals surface area contributed by atoms with Crippen LogP contribution in [0.5, 0.6) is 0 Å². The van der Waals surface area contributed by atoms with E-state index in [1.54, 1.807) is 11.3 Å². The maximum Gasteiger partial charge on any atom is 0.0511 e. The molecule has 96 valence electrons. The number of halogens is 1. The molecule has 0 aliphatic carbocycles. The maximum absolute atomic E-state index is 5.89. The Kier molecular flexibility index (Phi) is 4.43. The molecule has 4 heteroatoms. The summed E-state index contributed by atoms with van der Waals surface area (Å²) in [5.74, 6) is 0. The molecule has 1 heterocycles. The first kappa shape index (κ1) is 13.6. The number of hydrogen-bond donors (Lipinski definition) is 1. The number of hydrogen-bond acceptors (Lipinski definition) is 3. The van der Waals surface area contributed by atoms with Crippen LogP contribution >= 0.6 is 27.3 Å². The number of anilines is 1. The smallest absolute Gasteiger partial charge is 0.0511 e. The number of benzene rings is 1. The summed E-state index contributed by atoms with van der Waals surface area (Å²) < 4.78 is 1.09. The molecule has 2 N–H and O–H groups in total. The fourth-order valence-electron chi connectivity index (χ4n) is 1.86. The van der Waals surface area contributed by atoms with E-state index >= 15 is 0 Å². The lowest BCUT2D eigenvalue weighted by atomic mass is 10.1. The molecular formula is C14H17BrN2S. The summed E-state index contributed by atoms with van der Waals surface area (Å²) in [5.41, 5.74) is 9.56. The van der Waals surface area contributed by atoms with Gasteiger partial charge in [0.25, 0.3) is 0 Å². The van der Waals surface area contributed by atoms with E-state index in [1.807, 2.05) is 6.92 Å². The van der Waals surface area contributed by atoms with E-state index in [1.165, 1.54) is 11.3 Å². The van der Waals surface area contributed by atoms with E-state index in [2.05, 4.69) is 62.9 Å². The monoisotopic (exact) mass is 324 g/mol. The SMILES string of the molecule is CC(N)c1ccc(N(C)Cc2ccsc2)c(Br)c1. The highest BCUT2D eigenvalue weighted by molar-refractivity contribution is 9.10. The van der Waals surface area contributed by atoms with Crippen molar-refractivity contribution >= 4 is 33.0 Å². The summed E-state index contributed by atoms with van der Waals surface area (Å²) in [6.45, 7) is 2.91. The van der Waals surface area contributed by atoms with Crippen LogP contribution in [0.3, 0.4) is 0 Å². The Hall–Kier alpha value is -0.840. The van der Waals surface area contributed by atoms with Gasteiger partial charge in [0.05, 0.1) is 5.69 Å². The second kappa shape index (κ2) is 5.87. The molecular weight excluding hydrogens is 308 g/mol. The molecule has 1 aromatic carbocycles. The van der Waals surface area contributed by atoms with E-state index in [4.69, 9.17) is 5.73 Å². The van der Waals surface area contributed by atoms with Crippen LogP contribution in [-0.4, -0.2) is 7.05 Å². The summed E-state index contributed by atoms with van der Waals surface area (Å²) >= 11 is 5.36. The van der Waals surface area contributed by atoms with Crippen LogP contribution in [0.1, 0.15) is 24.1 Å². The lowest BCUT2D eigenvalue weighted by Gasteiger charge is -2.21. The minimum atomic E-state index is 0.0672. The highest BCUT2D eigenvalue weighted by atomic mass is 79.9. The molecule has 0 amide bonds. The highest BCUT2D eigenvalue weighted by Crippen LogP contribution is 2.29. The number of nitrogens with zero attached hydrogens (tertiary/aromatic N) is 1. The van der Waals surface area contributed by atoms with Crippen molar-refractivity contribution in [2.75, 3.05) is 11.9 Å². The summed E-state index contributed by atoms with van der Waals surface area (Å²) in [4.78, 5) is 2.23. The molecule has 2 aromatic rings. The highest BCUT2D eigenvalue weighted by Gasteiger charge is 2.09. The minimum Gasteiger partial charge on any atom is -0.369 e. The van der Waals surface area contributed by atoms with Gasteiger partial charge < -0.3 is 10.6 Å². The van der Waals surface area contributed by atoms with Crippen LogP contribution in [0.25, 0.3) is 0 Å². The van der Waals surface area contributed by atoms with Gasteiger partial charge in [-0.1, -0.05) is 6.07 Å². The van der Waals surface area contributed by atoms with Crippen molar-refractivity contribution in [2.24, 2.45) is 5.73 Å². The summed E-state index contributed by atoms with van der Waals surface area (Å²) in [6.07, 6.45) is 0. The third kappa shape index (κ3) is 3.13. The Morgan fingerprint density at radius 3 is 2.72 bits per heavy atom. The molecule has 0 aliphatic heterocycles. The first-order chi connectivity index (χ1) is 8.58. The third-order valence-electron chi connectivity index (χ3n) is 2.91. The Bertz CT molecular complexity index is 509. The zero-order valence-corrected chi connectivity index (χ0v) is 13.0. The van der Waals surface area contributed by atoms with Gasteiger partial charge in [-0.15, -0.1) is 0 Å². The maximum atomic E-state index is 5.89. The molecule has 0 radical (unpaired) electrons. The van der Waals surface area contributed by atoms with Gasteiger partial charge in [0.15, 0.2) is 0 Å². The quantitative estimate of drug-likeness (QED) is 0.914. The predicted octanol–water partition coefficient (Wildman–Crippen LogP) is 4.17. The van der Waals surface area contributed by atoms with E-state index in [0.29, 0.717) is 0 Å². The van der Waals surface area contributed by atoms with Gasteiger partial charge in [0, 0.05) is 24.1 Å². The first-order valence-electron chi connectivity index (χ1n) is 5.85. The average molecular weight is 325 g/mol. The second-order valence-corrected chi connectivity index (χ2v) is 6.12. The molecule has 18 heavy (non-hydrogen) atoms. The van der Waals surface area contributed by atoms with E-state index in [9.17, 15) is 0 Å². The summed E-state index contributed by atoms with van der Waals surface area (Å²) in [7, 11) is 2.10. The number of thiophene rings is 1. The zero-order chi connectivity index (χ0) is 13.1. The molecule has 0 spiro atoms. The predicted molar refractivity (Wildman–Crippen MR) is 83.2 cm³/mol. The van der Waals surface area contributed by atoms with Crippen LogP contribution < -0.4 is 10.6 Å². The van der Waals surface area contributed by atoms with Crippen molar-refractivity contribution in [3.8, 4) is 0 Å². The lowest BCUT2D eigenvalue weighted by Crippen LogP contribution is -2.16. The van der Waals surface area contributed by atoms with Gasteiger partial charge in [-0.05, 0) is 62.9 Å². The molecule has 0 bridgehead atoms. The van der Waals surface area contributed by atoms with Crippen LogP contribution in [0.15, 0.2) is 39.5 Å². The Balaban J connectivity index is 2.17. The van der Waals surface area contributed by atoms with Crippen molar-refractivity contribution < 1.29 is 0 Å². The van der Waals surface area contributed by atoms with Crippen LogP contribution in [0, 0.1) is 0 Å². The van der Waals surface area contributed by atoms with Crippen molar-refractivity contribution in [2.45, 2.75) is 19.5 Å². The van der Waals surface area contributed by atoms with Crippen LogP contribution in [-0.2, 0) is 6.54 Å². The van der Waals surface area contributed by atoms with Gasteiger partial charge >= 0.3 is 0 Å². The lowest BCUT2D eigenvalue weighted by molar-refractivity contribution is 0.816. The number of nitrogens with two attached hydrogens (primary N) is 1. The van der Waals surface area contributed by atoms with Crippen LogP contribution in [0.4, 0.5) is 5.69 Å². The topological polar surface area (TPSA) is 29.3 Å². The van der Waals surface area contributed by atoms with Crippen molar-refractivity contribution in [1.82, 2.24) is 0 Å². The standard InChI is InChI=1S/C14H17BrN2S/c1-10(16)12-3-4-14(13(15)7-12)17(2)8-11-5-6-18-9-11/h3-7,9-10H,8,16H2,1-2H3. The average Bonchev–Trinajstić information content (AvgIpc) is 2.81. The van der Waals surface area contributed by atoms with Gasteiger partial charge in [-0.25, -0.2) is 0 Å². The molecule has 2 nitrogen and oxygen atoms in total. The summed E-state index contributed by atoms with van der Waals surface area (Å²) in [5, 5.41) is 4.29. The molecule has 0 saturated carbocycles. The molecule has 0 aliphatic rings. The Morgan fingerprint density at radius 2 is 2.17 bits per heavy atom. The van der Waals surface area contributed by atoms with Crippen molar-refractivity contribution in [3.63, 3.8) is 0 Å². The van der Waals surface area contributed by atoms with Gasteiger partial charge in [0.2, 0.25) is 0 Å². The fraction of sp³-hybridized carbons (Fsp3) is 0.286. The third-order valence-corrected chi connectivity index (χ3v) is 4.28. The zero-order valence-electron chi connectivity index (χ0n) is 10.6. The van der Waals surface area contributed by atoms with E-state index < -0.39 is 0 Å². The minimum absolute atomic E-state index is 0.0672. The largest absolute Gasteiger partial charge is 0.369 e. The molecule has 1 atom stereocenters. The molecule has 1 aromatic heterocycles. The van der Waals surface area contributed by atoms with Gasteiger partial charge in [0.1, 0.15) is 0 Å². The van der Waals surface area contributed by atoms with E-state index in [-0.39, 0.29) is 6.04 Å². The second-order valence-electron chi connectivity index (χ2n) is 4.49. The van der Waals surface area contributed by atoms with Gasteiger partial charge in [-0.3, -0.25) is 0 Å². The summed E-state index contributed by atoms with van der Waals surface area (Å²) in [6, 6.07) is 8.54. The Morgan fingerprint density at radius 1 is 1.39 bits per heavy atom. The van der Waals surface area contributed by atoms with Crippen molar-refractivity contribution in [1.29, 1.82) is 0 Å². The number of rotatable bonds is 4.